The van der Waals surface area contributed by atoms with E-state index in [1.54, 1.807) is 50.1 Å². The summed E-state index contributed by atoms with van der Waals surface area (Å²) in [6.07, 6.45) is 2.27. The monoisotopic (exact) mass is 552 g/mol. The van der Waals surface area contributed by atoms with Crippen LogP contribution in [0.4, 0.5) is 5.88 Å². The molecule has 39 heavy (non-hydrogen) atoms. The van der Waals surface area contributed by atoms with Crippen LogP contribution >= 0.6 is 0 Å². The number of rotatable bonds is 11. The summed E-state index contributed by atoms with van der Waals surface area (Å²) >= 11 is 0. The Morgan fingerprint density at radius 1 is 1.08 bits per heavy atom. The lowest BCUT2D eigenvalue weighted by Crippen LogP contribution is -2.49. The topological polar surface area (TPSA) is 122 Å². The second-order valence-electron chi connectivity index (χ2n) is 10.5. The Morgan fingerprint density at radius 3 is 2.31 bits per heavy atom. The number of aryl methyl sites for hydroxylation is 1. The van der Waals surface area contributed by atoms with Crippen LogP contribution in [-0.2, 0) is 26.2 Å². The highest BCUT2D eigenvalue weighted by atomic mass is 32.2. The van der Waals surface area contributed by atoms with E-state index >= 15 is 0 Å². The van der Waals surface area contributed by atoms with Crippen molar-refractivity contribution in [3.05, 3.63) is 65.4 Å². The molecule has 1 fully saturated rings. The highest BCUT2D eigenvalue weighted by Crippen LogP contribution is 2.34. The second-order valence-corrected chi connectivity index (χ2v) is 12.2. The Kier molecular flexibility index (Phi) is 8.44. The Bertz CT molecular complexity index is 1440. The zero-order chi connectivity index (χ0) is 28.3. The van der Waals surface area contributed by atoms with Crippen molar-refractivity contribution in [3.8, 4) is 11.1 Å². The van der Waals surface area contributed by atoms with Gasteiger partial charge in [0.25, 0.3) is 10.0 Å². The maximum atomic E-state index is 13.3. The lowest BCUT2D eigenvalue weighted by atomic mass is 9.99. The molecule has 0 radical (unpaired) electrons. The number of hydrogen-bond acceptors (Lipinski definition) is 6. The maximum absolute atomic E-state index is 13.3. The minimum absolute atomic E-state index is 0.00814. The summed E-state index contributed by atoms with van der Waals surface area (Å²) in [5.41, 5.74) is 3.32. The van der Waals surface area contributed by atoms with E-state index in [4.69, 9.17) is 4.52 Å². The van der Waals surface area contributed by atoms with E-state index in [1.807, 2.05) is 38.1 Å². The molecule has 1 saturated carbocycles. The van der Waals surface area contributed by atoms with Crippen molar-refractivity contribution >= 4 is 27.7 Å². The fourth-order valence-electron chi connectivity index (χ4n) is 4.51. The molecule has 2 N–H and O–H groups in total. The number of carbonyl (C=O) groups excluding carboxylic acids is 2. The highest BCUT2D eigenvalue weighted by molar-refractivity contribution is 7.92. The standard InChI is InChI=1S/C29H36N4O5S/c1-18(2)16-25(27(34)30-5)33(29(35)23-14-15-23)17-21-10-12-22(13-11-21)24-8-6-7-9-26(24)39(36,37)32-28-19(3)20(4)31-38-28/h6-13,18,23,25,32H,14-17H2,1-5H3,(H,30,34)/t25-/m0/s1. The van der Waals surface area contributed by atoms with Crippen LogP contribution in [0.2, 0.25) is 0 Å². The molecule has 1 aliphatic carbocycles. The molecule has 0 unspecified atom stereocenters. The minimum atomic E-state index is -3.96. The molecule has 3 aromatic rings. The predicted molar refractivity (Wildman–Crippen MR) is 149 cm³/mol. The summed E-state index contributed by atoms with van der Waals surface area (Å²) in [5.74, 6) is 0.142. The van der Waals surface area contributed by atoms with Crippen molar-refractivity contribution in [3.63, 3.8) is 0 Å². The average Bonchev–Trinajstić information content (AvgIpc) is 3.73. The number of carbonyl (C=O) groups is 2. The van der Waals surface area contributed by atoms with Crippen molar-refractivity contribution in [2.45, 2.75) is 64.4 Å². The minimum Gasteiger partial charge on any atom is -0.357 e. The van der Waals surface area contributed by atoms with Gasteiger partial charge < -0.3 is 14.7 Å². The molecular weight excluding hydrogens is 516 g/mol. The van der Waals surface area contributed by atoms with E-state index in [-0.39, 0.29) is 34.4 Å². The van der Waals surface area contributed by atoms with E-state index in [9.17, 15) is 18.0 Å². The van der Waals surface area contributed by atoms with E-state index in [1.165, 1.54) is 0 Å². The van der Waals surface area contributed by atoms with Crippen molar-refractivity contribution in [2.24, 2.45) is 11.8 Å². The number of aromatic nitrogens is 1. The van der Waals surface area contributed by atoms with Gasteiger partial charge in [0, 0.05) is 30.6 Å². The maximum Gasteiger partial charge on any atom is 0.264 e. The van der Waals surface area contributed by atoms with Gasteiger partial charge in [0.2, 0.25) is 17.7 Å². The van der Waals surface area contributed by atoms with Crippen LogP contribution in [-0.4, -0.2) is 43.4 Å². The van der Waals surface area contributed by atoms with Crippen LogP contribution in [0.3, 0.4) is 0 Å². The van der Waals surface area contributed by atoms with Gasteiger partial charge in [-0.05, 0) is 56.2 Å². The largest absolute Gasteiger partial charge is 0.357 e. The van der Waals surface area contributed by atoms with Gasteiger partial charge in [-0.25, -0.2) is 13.1 Å². The first-order valence-corrected chi connectivity index (χ1v) is 14.7. The Balaban J connectivity index is 1.61. The van der Waals surface area contributed by atoms with Crippen LogP contribution in [0, 0.1) is 25.7 Å². The lowest BCUT2D eigenvalue weighted by Gasteiger charge is -2.32. The van der Waals surface area contributed by atoms with E-state index in [2.05, 4.69) is 15.2 Å². The first-order valence-electron chi connectivity index (χ1n) is 13.2. The summed E-state index contributed by atoms with van der Waals surface area (Å²) < 4.78 is 34.2. The van der Waals surface area contributed by atoms with Crippen LogP contribution in [0.5, 0.6) is 0 Å². The smallest absolute Gasteiger partial charge is 0.264 e. The van der Waals surface area contributed by atoms with E-state index < -0.39 is 16.1 Å². The first kappa shape index (κ1) is 28.4. The number of hydrogen-bond donors (Lipinski definition) is 2. The summed E-state index contributed by atoms with van der Waals surface area (Å²) in [6.45, 7) is 7.85. The molecule has 0 saturated heterocycles. The Morgan fingerprint density at radius 2 is 1.74 bits per heavy atom. The number of nitrogens with zero attached hydrogens (tertiary/aromatic N) is 2. The fourth-order valence-corrected chi connectivity index (χ4v) is 5.79. The zero-order valence-electron chi connectivity index (χ0n) is 23.0. The van der Waals surface area contributed by atoms with Crippen molar-refractivity contribution in [1.29, 1.82) is 0 Å². The Labute approximate surface area is 230 Å². The molecule has 1 aliphatic rings. The van der Waals surface area contributed by atoms with E-state index in [0.29, 0.717) is 35.3 Å². The molecule has 1 aromatic heterocycles. The first-order chi connectivity index (χ1) is 18.5. The summed E-state index contributed by atoms with van der Waals surface area (Å²) in [6, 6.07) is 13.6. The van der Waals surface area contributed by atoms with Crippen LogP contribution < -0.4 is 10.0 Å². The summed E-state index contributed by atoms with van der Waals surface area (Å²) in [7, 11) is -2.37. The lowest BCUT2D eigenvalue weighted by molar-refractivity contribution is -0.142. The van der Waals surface area contributed by atoms with Crippen molar-refractivity contribution in [1.82, 2.24) is 15.4 Å². The Hall–Kier alpha value is -3.66. The van der Waals surface area contributed by atoms with Gasteiger partial charge in [-0.2, -0.15) is 0 Å². The third-order valence-corrected chi connectivity index (χ3v) is 8.40. The van der Waals surface area contributed by atoms with Gasteiger partial charge in [0.15, 0.2) is 0 Å². The second kappa shape index (κ2) is 11.6. The van der Waals surface area contributed by atoms with Gasteiger partial charge in [-0.3, -0.25) is 9.59 Å². The number of benzene rings is 2. The molecule has 9 nitrogen and oxygen atoms in total. The molecule has 0 spiro atoms. The van der Waals surface area contributed by atoms with Gasteiger partial charge >= 0.3 is 0 Å². The normalized spacial score (nSPS) is 14.2. The quantitative estimate of drug-likeness (QED) is 0.357. The van der Waals surface area contributed by atoms with Crippen molar-refractivity contribution in [2.75, 3.05) is 11.8 Å². The molecule has 1 atom stereocenters. The van der Waals surface area contributed by atoms with E-state index in [0.717, 1.165) is 18.4 Å². The van der Waals surface area contributed by atoms with Gasteiger partial charge in [0.1, 0.15) is 6.04 Å². The molecule has 0 aliphatic heterocycles. The third-order valence-electron chi connectivity index (χ3n) is 7.01. The van der Waals surface area contributed by atoms with Crippen LogP contribution in [0.25, 0.3) is 11.1 Å². The molecule has 4 rings (SSSR count). The molecule has 2 aromatic carbocycles. The number of likely N-dealkylation sites (N-methyl/N-ethyl adjacent to an activating group) is 1. The highest BCUT2D eigenvalue weighted by Gasteiger charge is 2.38. The molecule has 2 amide bonds. The van der Waals surface area contributed by atoms with Gasteiger partial charge in [-0.1, -0.05) is 61.5 Å². The molecular formula is C29H36N4O5S. The SMILES string of the molecule is CNC(=O)[C@H](CC(C)C)N(Cc1ccc(-c2ccccc2S(=O)(=O)Nc2onc(C)c2C)cc1)C(=O)C1CC1. The third kappa shape index (κ3) is 6.50. The molecule has 0 bridgehead atoms. The zero-order valence-corrected chi connectivity index (χ0v) is 23.8. The number of amides is 2. The fraction of sp³-hybridized carbons (Fsp3) is 0.414. The summed E-state index contributed by atoms with van der Waals surface area (Å²) in [5, 5.41) is 6.54. The van der Waals surface area contributed by atoms with Crippen molar-refractivity contribution < 1.29 is 22.5 Å². The predicted octanol–water partition coefficient (Wildman–Crippen LogP) is 4.66. The number of anilines is 1. The van der Waals surface area contributed by atoms with Crippen LogP contribution in [0.1, 0.15) is 49.9 Å². The molecule has 1 heterocycles. The average molecular weight is 553 g/mol. The number of nitrogens with one attached hydrogen (secondary N) is 2. The van der Waals surface area contributed by atoms with Crippen LogP contribution in [0.15, 0.2) is 57.9 Å². The summed E-state index contributed by atoms with van der Waals surface area (Å²) in [4.78, 5) is 27.8. The number of sulfonamides is 1. The van der Waals surface area contributed by atoms with Gasteiger partial charge in [-0.15, -0.1) is 0 Å². The molecule has 208 valence electrons. The van der Waals surface area contributed by atoms with Gasteiger partial charge in [0.05, 0.1) is 10.6 Å². The molecule has 10 heteroatoms.